The number of phenols is 1. The van der Waals surface area contributed by atoms with E-state index in [1.54, 1.807) is 12.1 Å². The average molecular weight is 192 g/mol. The molecule has 0 spiro atoms. The van der Waals surface area contributed by atoms with Gasteiger partial charge in [0, 0.05) is 6.42 Å². The van der Waals surface area contributed by atoms with Crippen LogP contribution in [0.1, 0.15) is 32.3 Å². The molecule has 1 aromatic carbocycles. The molecule has 0 aromatic heterocycles. The zero-order chi connectivity index (χ0) is 10.6. The summed E-state index contributed by atoms with van der Waals surface area (Å²) in [5.74, 6) is 0.309. The fraction of sp³-hybridized carbons (Fsp3) is 0.417. The molecule has 0 saturated heterocycles. The molecule has 0 fully saturated rings. The summed E-state index contributed by atoms with van der Waals surface area (Å²) in [6.45, 7) is 4.07. The number of hydrogen-bond acceptors (Lipinski definition) is 2. The Kier molecular flexibility index (Phi) is 3.28. The highest BCUT2D eigenvalue weighted by molar-refractivity contribution is 5.50. The third-order valence-electron chi connectivity index (χ3n) is 2.52. The summed E-state index contributed by atoms with van der Waals surface area (Å²) >= 11 is 0. The molecular formula is C12H16O2. The van der Waals surface area contributed by atoms with Gasteiger partial charge in [0.2, 0.25) is 0 Å². The van der Waals surface area contributed by atoms with Crippen molar-refractivity contribution < 1.29 is 9.90 Å². The number of benzene rings is 1. The topological polar surface area (TPSA) is 37.3 Å². The summed E-state index contributed by atoms with van der Waals surface area (Å²) in [4.78, 5) is 10.3. The van der Waals surface area contributed by atoms with Gasteiger partial charge in [0.15, 0.2) is 0 Å². The van der Waals surface area contributed by atoms with Crippen molar-refractivity contribution in [3.63, 3.8) is 0 Å². The summed E-state index contributed by atoms with van der Waals surface area (Å²) in [5, 5.41) is 9.66. The molecule has 1 N–H and O–H groups in total. The van der Waals surface area contributed by atoms with Gasteiger partial charge in [-0.05, 0) is 23.5 Å². The molecule has 76 valence electrons. The van der Waals surface area contributed by atoms with Gasteiger partial charge in [-0.1, -0.05) is 32.0 Å². The molecule has 2 heteroatoms. The Bertz CT molecular complexity index is 316. The number of carbonyl (C=O) groups excluding carboxylic acids is 1. The van der Waals surface area contributed by atoms with E-state index in [-0.39, 0.29) is 5.41 Å². The maximum Gasteiger partial charge on any atom is 0.120 e. The Morgan fingerprint density at radius 1 is 1.36 bits per heavy atom. The highest BCUT2D eigenvalue weighted by atomic mass is 16.3. The molecule has 1 aromatic rings. The zero-order valence-corrected chi connectivity index (χ0v) is 8.66. The minimum absolute atomic E-state index is 0.147. The van der Waals surface area contributed by atoms with Crippen molar-refractivity contribution in [3.05, 3.63) is 29.8 Å². The highest BCUT2D eigenvalue weighted by Crippen LogP contribution is 2.33. The van der Waals surface area contributed by atoms with Crippen molar-refractivity contribution in [2.24, 2.45) is 0 Å². The highest BCUT2D eigenvalue weighted by Gasteiger charge is 2.22. The normalized spacial score (nSPS) is 11.3. The van der Waals surface area contributed by atoms with Crippen LogP contribution < -0.4 is 0 Å². The van der Waals surface area contributed by atoms with Gasteiger partial charge in [0.05, 0.1) is 0 Å². The molecule has 0 aliphatic heterocycles. The number of phenolic OH excluding ortho intramolecular Hbond substituents is 1. The number of rotatable bonds is 4. The molecule has 0 amide bonds. The van der Waals surface area contributed by atoms with Crippen LogP contribution in [0.3, 0.4) is 0 Å². The average Bonchev–Trinajstić information content (AvgIpc) is 2.15. The number of aromatic hydroxyl groups is 1. The van der Waals surface area contributed by atoms with Gasteiger partial charge in [-0.15, -0.1) is 0 Å². The van der Waals surface area contributed by atoms with Crippen molar-refractivity contribution in [2.75, 3.05) is 0 Å². The van der Waals surface area contributed by atoms with Crippen molar-refractivity contribution >= 4 is 6.29 Å². The Morgan fingerprint density at radius 3 is 2.57 bits per heavy atom. The van der Waals surface area contributed by atoms with Crippen molar-refractivity contribution in [2.45, 2.75) is 32.1 Å². The number of para-hydroxylation sites is 1. The molecule has 2 nitrogen and oxygen atoms in total. The van der Waals surface area contributed by atoms with Crippen LogP contribution in [-0.4, -0.2) is 11.4 Å². The number of carbonyl (C=O) groups is 1. The van der Waals surface area contributed by atoms with Crippen LogP contribution in [0.15, 0.2) is 24.3 Å². The number of hydrogen-bond donors (Lipinski definition) is 1. The van der Waals surface area contributed by atoms with Crippen LogP contribution in [-0.2, 0) is 10.2 Å². The molecule has 0 atom stereocenters. The minimum atomic E-state index is -0.147. The van der Waals surface area contributed by atoms with E-state index >= 15 is 0 Å². The molecule has 0 aliphatic carbocycles. The van der Waals surface area contributed by atoms with Gasteiger partial charge in [0.1, 0.15) is 12.0 Å². The molecule has 1 rings (SSSR count). The summed E-state index contributed by atoms with van der Waals surface area (Å²) in [5.41, 5.74) is 0.758. The third kappa shape index (κ3) is 2.34. The lowest BCUT2D eigenvalue weighted by Crippen LogP contribution is -2.17. The molecule has 0 aliphatic rings. The fourth-order valence-corrected chi connectivity index (χ4v) is 1.60. The first-order valence-electron chi connectivity index (χ1n) is 4.80. The van der Waals surface area contributed by atoms with E-state index in [2.05, 4.69) is 0 Å². The molecule has 0 heterocycles. The van der Waals surface area contributed by atoms with Gasteiger partial charge in [-0.25, -0.2) is 0 Å². The van der Waals surface area contributed by atoms with Crippen LogP contribution >= 0.6 is 0 Å². The van der Waals surface area contributed by atoms with Crippen LogP contribution in [0.2, 0.25) is 0 Å². The van der Waals surface area contributed by atoms with Gasteiger partial charge < -0.3 is 9.90 Å². The predicted molar refractivity (Wildman–Crippen MR) is 56.4 cm³/mol. The Hall–Kier alpha value is -1.31. The Labute approximate surface area is 84.6 Å². The van der Waals surface area contributed by atoms with Gasteiger partial charge in [-0.3, -0.25) is 0 Å². The second-order valence-corrected chi connectivity index (χ2v) is 4.11. The predicted octanol–water partition coefficient (Wildman–Crippen LogP) is 2.65. The second-order valence-electron chi connectivity index (χ2n) is 4.11. The Balaban J connectivity index is 2.91. The van der Waals surface area contributed by atoms with Crippen molar-refractivity contribution in [3.8, 4) is 5.75 Å². The van der Waals surface area contributed by atoms with E-state index in [1.807, 2.05) is 26.0 Å². The third-order valence-corrected chi connectivity index (χ3v) is 2.52. The second kappa shape index (κ2) is 4.27. The largest absolute Gasteiger partial charge is 0.508 e. The van der Waals surface area contributed by atoms with E-state index in [4.69, 9.17) is 0 Å². The number of aldehydes is 1. The fourth-order valence-electron chi connectivity index (χ4n) is 1.60. The molecule has 0 unspecified atom stereocenters. The molecule has 0 radical (unpaired) electrons. The van der Waals surface area contributed by atoms with E-state index in [0.717, 1.165) is 18.3 Å². The maximum atomic E-state index is 10.3. The van der Waals surface area contributed by atoms with E-state index in [0.29, 0.717) is 12.2 Å². The smallest absolute Gasteiger partial charge is 0.120 e. The minimum Gasteiger partial charge on any atom is -0.508 e. The first kappa shape index (κ1) is 10.8. The van der Waals surface area contributed by atoms with E-state index in [1.165, 1.54) is 0 Å². The first-order chi connectivity index (χ1) is 6.58. The summed E-state index contributed by atoms with van der Waals surface area (Å²) < 4.78 is 0. The van der Waals surface area contributed by atoms with Gasteiger partial charge in [-0.2, -0.15) is 0 Å². The lowest BCUT2D eigenvalue weighted by Gasteiger charge is -2.25. The summed E-state index contributed by atoms with van der Waals surface area (Å²) in [6, 6.07) is 7.28. The van der Waals surface area contributed by atoms with E-state index in [9.17, 15) is 9.90 Å². The monoisotopic (exact) mass is 192 g/mol. The van der Waals surface area contributed by atoms with Gasteiger partial charge >= 0.3 is 0 Å². The molecule has 0 saturated carbocycles. The van der Waals surface area contributed by atoms with Crippen molar-refractivity contribution in [1.29, 1.82) is 0 Å². The molecular weight excluding hydrogens is 176 g/mol. The standard InChI is InChI=1S/C12H16O2/c1-12(2,8-5-9-13)10-6-3-4-7-11(10)14/h3-4,6-7,9,14H,5,8H2,1-2H3. The van der Waals surface area contributed by atoms with Crippen molar-refractivity contribution in [1.82, 2.24) is 0 Å². The van der Waals surface area contributed by atoms with Crippen LogP contribution in [0.4, 0.5) is 0 Å². The molecule has 14 heavy (non-hydrogen) atoms. The van der Waals surface area contributed by atoms with Crippen LogP contribution in [0.5, 0.6) is 5.75 Å². The first-order valence-corrected chi connectivity index (χ1v) is 4.80. The lowest BCUT2D eigenvalue weighted by molar-refractivity contribution is -0.108. The maximum absolute atomic E-state index is 10.3. The van der Waals surface area contributed by atoms with E-state index < -0.39 is 0 Å². The quantitative estimate of drug-likeness (QED) is 0.744. The SMILES string of the molecule is CC(C)(CCC=O)c1ccccc1O. The summed E-state index contributed by atoms with van der Waals surface area (Å²) in [7, 11) is 0. The Morgan fingerprint density at radius 2 is 2.00 bits per heavy atom. The van der Waals surface area contributed by atoms with Crippen LogP contribution in [0.25, 0.3) is 0 Å². The lowest BCUT2D eigenvalue weighted by atomic mass is 9.80. The summed E-state index contributed by atoms with van der Waals surface area (Å²) in [6.07, 6.45) is 2.21. The van der Waals surface area contributed by atoms with Gasteiger partial charge in [0.25, 0.3) is 0 Å². The zero-order valence-electron chi connectivity index (χ0n) is 8.66. The van der Waals surface area contributed by atoms with Crippen LogP contribution in [0, 0.1) is 0 Å². The molecule has 0 bridgehead atoms.